The van der Waals surface area contributed by atoms with Crippen molar-refractivity contribution in [3.63, 3.8) is 0 Å². The van der Waals surface area contributed by atoms with Crippen LogP contribution in [-0.4, -0.2) is 16.0 Å². The standard InChI is InChI=1S/C18H23NO2/c1-18-9-8-14-13-5-3-12(20)10-11(13)2-4-15(14)16(18)6-7-17(18)19-21/h3,5,10,14-16,20-21H,2,4,6-9H2,1H3/b19-17-. The quantitative estimate of drug-likeness (QED) is 0.557. The molecule has 4 rings (SSSR count). The number of nitrogens with zero attached hydrogens (tertiary/aromatic N) is 1. The highest BCUT2D eigenvalue weighted by molar-refractivity contribution is 5.92. The van der Waals surface area contributed by atoms with E-state index < -0.39 is 0 Å². The van der Waals surface area contributed by atoms with Crippen LogP contribution in [0, 0.1) is 17.3 Å². The van der Waals surface area contributed by atoms with Gasteiger partial charge in [0.15, 0.2) is 0 Å². The Bertz CT molecular complexity index is 609. The van der Waals surface area contributed by atoms with Gasteiger partial charge in [-0.2, -0.15) is 0 Å². The first-order valence-corrected chi connectivity index (χ1v) is 8.16. The van der Waals surface area contributed by atoms with Crippen LogP contribution in [0.1, 0.15) is 56.1 Å². The number of hydrogen-bond acceptors (Lipinski definition) is 3. The van der Waals surface area contributed by atoms with Gasteiger partial charge in [-0.25, -0.2) is 0 Å². The number of phenols is 1. The fourth-order valence-corrected chi connectivity index (χ4v) is 5.52. The lowest BCUT2D eigenvalue weighted by Gasteiger charge is -2.48. The zero-order chi connectivity index (χ0) is 14.6. The lowest BCUT2D eigenvalue weighted by Crippen LogP contribution is -2.42. The van der Waals surface area contributed by atoms with Gasteiger partial charge in [0.2, 0.25) is 0 Å². The third kappa shape index (κ3) is 1.76. The summed E-state index contributed by atoms with van der Waals surface area (Å²) in [6, 6.07) is 5.93. The van der Waals surface area contributed by atoms with Crippen molar-refractivity contribution in [1.29, 1.82) is 0 Å². The molecule has 0 aliphatic heterocycles. The molecule has 0 spiro atoms. The fraction of sp³-hybridized carbons (Fsp3) is 0.611. The molecule has 2 fully saturated rings. The predicted molar refractivity (Wildman–Crippen MR) is 81.9 cm³/mol. The van der Waals surface area contributed by atoms with Crippen molar-refractivity contribution in [2.45, 2.75) is 51.4 Å². The van der Waals surface area contributed by atoms with Gasteiger partial charge >= 0.3 is 0 Å². The number of aromatic hydroxyl groups is 1. The second-order valence-corrected chi connectivity index (χ2v) is 7.34. The molecule has 0 bridgehead atoms. The number of hydrogen-bond donors (Lipinski definition) is 2. The van der Waals surface area contributed by atoms with Gasteiger partial charge in [0.05, 0.1) is 5.71 Å². The Hall–Kier alpha value is -1.51. The molecular formula is C18H23NO2. The molecule has 2 N–H and O–H groups in total. The van der Waals surface area contributed by atoms with E-state index in [0.717, 1.165) is 25.0 Å². The minimum Gasteiger partial charge on any atom is -0.508 e. The number of fused-ring (bicyclic) bond motifs is 5. The van der Waals surface area contributed by atoms with Crippen LogP contribution in [0.15, 0.2) is 23.4 Å². The summed E-state index contributed by atoms with van der Waals surface area (Å²) in [5.41, 5.74) is 3.95. The van der Waals surface area contributed by atoms with Gasteiger partial charge in [0.25, 0.3) is 0 Å². The lowest BCUT2D eigenvalue weighted by molar-refractivity contribution is 0.0938. The molecule has 3 aliphatic rings. The van der Waals surface area contributed by atoms with E-state index in [-0.39, 0.29) is 5.41 Å². The first kappa shape index (κ1) is 13.2. The largest absolute Gasteiger partial charge is 0.508 e. The summed E-state index contributed by atoms with van der Waals surface area (Å²) in [5.74, 6) is 2.39. The Morgan fingerprint density at radius 3 is 2.86 bits per heavy atom. The van der Waals surface area contributed by atoms with Crippen molar-refractivity contribution in [2.24, 2.45) is 22.4 Å². The molecule has 3 heteroatoms. The Morgan fingerprint density at radius 1 is 1.19 bits per heavy atom. The van der Waals surface area contributed by atoms with Gasteiger partial charge < -0.3 is 10.3 Å². The maximum absolute atomic E-state index is 9.70. The van der Waals surface area contributed by atoms with Crippen LogP contribution < -0.4 is 0 Å². The topological polar surface area (TPSA) is 52.8 Å². The Kier molecular flexibility index (Phi) is 2.82. The van der Waals surface area contributed by atoms with Crippen molar-refractivity contribution in [1.82, 2.24) is 0 Å². The number of benzene rings is 1. The van der Waals surface area contributed by atoms with Crippen LogP contribution in [0.25, 0.3) is 0 Å². The highest BCUT2D eigenvalue weighted by Gasteiger charge is 2.53. The molecule has 0 heterocycles. The van der Waals surface area contributed by atoms with E-state index in [1.165, 1.54) is 30.4 Å². The minimum atomic E-state index is 0.115. The average molecular weight is 285 g/mol. The zero-order valence-electron chi connectivity index (χ0n) is 12.5. The van der Waals surface area contributed by atoms with Gasteiger partial charge in [0.1, 0.15) is 5.75 Å². The first-order chi connectivity index (χ1) is 10.1. The van der Waals surface area contributed by atoms with Crippen molar-refractivity contribution in [3.8, 4) is 5.75 Å². The smallest absolute Gasteiger partial charge is 0.115 e. The molecule has 0 radical (unpaired) electrons. The summed E-state index contributed by atoms with van der Waals surface area (Å²) in [6.45, 7) is 2.31. The molecule has 1 aromatic carbocycles. The highest BCUT2D eigenvalue weighted by atomic mass is 16.4. The molecule has 3 nitrogen and oxygen atoms in total. The summed E-state index contributed by atoms with van der Waals surface area (Å²) in [4.78, 5) is 0. The molecule has 21 heavy (non-hydrogen) atoms. The van der Waals surface area contributed by atoms with Crippen LogP contribution in [0.3, 0.4) is 0 Å². The normalized spacial score (nSPS) is 39.7. The van der Waals surface area contributed by atoms with E-state index in [0.29, 0.717) is 23.5 Å². The van der Waals surface area contributed by atoms with Gasteiger partial charge in [0, 0.05) is 5.41 Å². The third-order valence-electron chi connectivity index (χ3n) is 6.57. The molecule has 112 valence electrons. The number of rotatable bonds is 0. The van der Waals surface area contributed by atoms with Gasteiger partial charge in [-0.05, 0) is 79.5 Å². The van der Waals surface area contributed by atoms with Crippen molar-refractivity contribution in [3.05, 3.63) is 29.3 Å². The van der Waals surface area contributed by atoms with E-state index in [9.17, 15) is 10.3 Å². The fourth-order valence-electron chi connectivity index (χ4n) is 5.52. The second kappa shape index (κ2) is 4.49. The Labute approximate surface area is 125 Å². The molecule has 0 aromatic heterocycles. The highest BCUT2D eigenvalue weighted by Crippen LogP contribution is 2.59. The molecule has 0 amide bonds. The number of oxime groups is 1. The van der Waals surface area contributed by atoms with E-state index in [1.807, 2.05) is 12.1 Å². The molecular weight excluding hydrogens is 262 g/mol. The monoisotopic (exact) mass is 285 g/mol. The second-order valence-electron chi connectivity index (χ2n) is 7.34. The average Bonchev–Trinajstić information content (AvgIpc) is 2.83. The van der Waals surface area contributed by atoms with Gasteiger partial charge in [-0.3, -0.25) is 0 Å². The van der Waals surface area contributed by atoms with Crippen LogP contribution in [0.4, 0.5) is 0 Å². The van der Waals surface area contributed by atoms with Gasteiger partial charge in [-0.1, -0.05) is 18.1 Å². The van der Waals surface area contributed by atoms with E-state index in [2.05, 4.69) is 18.1 Å². The molecule has 1 aromatic rings. The Balaban J connectivity index is 1.72. The maximum Gasteiger partial charge on any atom is 0.115 e. The summed E-state index contributed by atoms with van der Waals surface area (Å²) in [7, 11) is 0. The minimum absolute atomic E-state index is 0.115. The maximum atomic E-state index is 9.70. The lowest BCUT2D eigenvalue weighted by atomic mass is 9.55. The molecule has 4 atom stereocenters. The predicted octanol–water partition coefficient (Wildman–Crippen LogP) is 4.08. The SMILES string of the molecule is CC12CCC3c4ccc(O)cc4CCC3C1CC/C2=N/O. The van der Waals surface area contributed by atoms with E-state index in [4.69, 9.17) is 0 Å². The van der Waals surface area contributed by atoms with Gasteiger partial charge in [-0.15, -0.1) is 0 Å². The number of aryl methyl sites for hydroxylation is 1. The third-order valence-corrected chi connectivity index (χ3v) is 6.57. The molecule has 4 unspecified atom stereocenters. The van der Waals surface area contributed by atoms with Crippen LogP contribution >= 0.6 is 0 Å². The van der Waals surface area contributed by atoms with Crippen molar-refractivity contribution >= 4 is 5.71 Å². The van der Waals surface area contributed by atoms with Crippen molar-refractivity contribution < 1.29 is 10.3 Å². The van der Waals surface area contributed by atoms with E-state index in [1.54, 1.807) is 0 Å². The van der Waals surface area contributed by atoms with Crippen LogP contribution in [0.2, 0.25) is 0 Å². The van der Waals surface area contributed by atoms with Crippen LogP contribution in [0.5, 0.6) is 5.75 Å². The summed E-state index contributed by atoms with van der Waals surface area (Å²) in [5, 5.41) is 22.6. The molecule has 0 saturated heterocycles. The summed E-state index contributed by atoms with van der Waals surface area (Å²) < 4.78 is 0. The van der Waals surface area contributed by atoms with Crippen LogP contribution in [-0.2, 0) is 6.42 Å². The first-order valence-electron chi connectivity index (χ1n) is 8.16. The van der Waals surface area contributed by atoms with Crippen molar-refractivity contribution in [2.75, 3.05) is 0 Å². The number of phenolic OH excluding ortho intramolecular Hbond substituents is 1. The molecule has 3 aliphatic carbocycles. The zero-order valence-corrected chi connectivity index (χ0v) is 12.5. The Morgan fingerprint density at radius 2 is 2.05 bits per heavy atom. The molecule has 2 saturated carbocycles. The summed E-state index contributed by atoms with van der Waals surface area (Å²) >= 11 is 0. The summed E-state index contributed by atoms with van der Waals surface area (Å²) in [6.07, 6.45) is 6.71. The van der Waals surface area contributed by atoms with E-state index >= 15 is 0 Å².